The van der Waals surface area contributed by atoms with Gasteiger partial charge in [0.25, 0.3) is 11.8 Å². The van der Waals surface area contributed by atoms with Crippen LogP contribution in [0.15, 0.2) is 18.2 Å². The SMILES string of the molecule is CC(=O)c1ccc(C(=O)ON2C(=O)CCC2=O)c(O)c1. The average molecular weight is 277 g/mol. The molecule has 1 aromatic rings. The zero-order chi connectivity index (χ0) is 14.9. The third-order valence-corrected chi connectivity index (χ3v) is 2.80. The van der Waals surface area contributed by atoms with Gasteiger partial charge in [-0.3, -0.25) is 14.4 Å². The molecule has 1 aromatic carbocycles. The van der Waals surface area contributed by atoms with E-state index in [1.165, 1.54) is 19.1 Å². The summed E-state index contributed by atoms with van der Waals surface area (Å²) in [7, 11) is 0. The predicted octanol–water partition coefficient (Wildman–Crippen LogP) is 0.816. The monoisotopic (exact) mass is 277 g/mol. The molecule has 2 amide bonds. The number of Topliss-reactive ketones (excluding diaryl/α,β-unsaturated/α-hetero) is 1. The minimum Gasteiger partial charge on any atom is -0.507 e. The molecule has 1 saturated heterocycles. The molecule has 104 valence electrons. The van der Waals surface area contributed by atoms with Gasteiger partial charge in [-0.25, -0.2) is 4.79 Å². The second-order valence-electron chi connectivity index (χ2n) is 4.25. The Morgan fingerprint density at radius 2 is 1.80 bits per heavy atom. The van der Waals surface area contributed by atoms with Crippen LogP contribution in [0.3, 0.4) is 0 Å². The van der Waals surface area contributed by atoms with Crippen LogP contribution in [0.1, 0.15) is 40.5 Å². The van der Waals surface area contributed by atoms with Gasteiger partial charge in [-0.2, -0.15) is 0 Å². The third-order valence-electron chi connectivity index (χ3n) is 2.80. The van der Waals surface area contributed by atoms with Crippen molar-refractivity contribution >= 4 is 23.6 Å². The minimum atomic E-state index is -1.04. The highest BCUT2D eigenvalue weighted by Crippen LogP contribution is 2.22. The van der Waals surface area contributed by atoms with Crippen LogP contribution < -0.4 is 0 Å². The summed E-state index contributed by atoms with van der Waals surface area (Å²) in [4.78, 5) is 50.2. The van der Waals surface area contributed by atoms with Crippen molar-refractivity contribution in [3.8, 4) is 5.75 Å². The first-order valence-electron chi connectivity index (χ1n) is 5.82. The Hall–Kier alpha value is -2.70. The fraction of sp³-hybridized carbons (Fsp3) is 0.231. The first kappa shape index (κ1) is 13.7. The summed E-state index contributed by atoms with van der Waals surface area (Å²) in [6.07, 6.45) is -0.0251. The third kappa shape index (κ3) is 2.51. The first-order chi connectivity index (χ1) is 9.40. The van der Waals surface area contributed by atoms with Crippen LogP contribution in [-0.4, -0.2) is 33.7 Å². The molecule has 0 aliphatic carbocycles. The highest BCUT2D eigenvalue weighted by Gasteiger charge is 2.33. The number of benzene rings is 1. The maximum atomic E-state index is 11.8. The van der Waals surface area contributed by atoms with E-state index in [9.17, 15) is 24.3 Å². The van der Waals surface area contributed by atoms with Crippen LogP contribution in [0, 0.1) is 0 Å². The van der Waals surface area contributed by atoms with E-state index >= 15 is 0 Å². The fourth-order valence-electron chi connectivity index (χ4n) is 1.71. The number of aromatic hydroxyl groups is 1. The maximum absolute atomic E-state index is 11.8. The van der Waals surface area contributed by atoms with Crippen molar-refractivity contribution in [3.05, 3.63) is 29.3 Å². The van der Waals surface area contributed by atoms with Gasteiger partial charge in [0.15, 0.2) is 5.78 Å². The summed E-state index contributed by atoms with van der Waals surface area (Å²) in [6, 6.07) is 3.65. The number of hydrogen-bond donors (Lipinski definition) is 1. The molecule has 1 aliphatic heterocycles. The van der Waals surface area contributed by atoms with Crippen LogP contribution in [-0.2, 0) is 14.4 Å². The van der Waals surface area contributed by atoms with E-state index in [0.717, 1.165) is 6.07 Å². The minimum absolute atomic E-state index is 0.0125. The highest BCUT2D eigenvalue weighted by molar-refractivity contribution is 6.03. The molecular formula is C13H11NO6. The summed E-state index contributed by atoms with van der Waals surface area (Å²) in [6.45, 7) is 1.31. The Morgan fingerprint density at radius 3 is 2.30 bits per heavy atom. The van der Waals surface area contributed by atoms with E-state index in [1.54, 1.807) is 0 Å². The smallest absolute Gasteiger partial charge is 0.367 e. The van der Waals surface area contributed by atoms with E-state index in [4.69, 9.17) is 0 Å². The number of phenols is 1. The Balaban J connectivity index is 2.19. The van der Waals surface area contributed by atoms with E-state index < -0.39 is 23.5 Å². The lowest BCUT2D eigenvalue weighted by Crippen LogP contribution is -2.32. The second-order valence-corrected chi connectivity index (χ2v) is 4.25. The van der Waals surface area contributed by atoms with Crippen LogP contribution in [0.2, 0.25) is 0 Å². The number of imide groups is 1. The molecule has 20 heavy (non-hydrogen) atoms. The zero-order valence-electron chi connectivity index (χ0n) is 10.6. The number of rotatable bonds is 3. The highest BCUT2D eigenvalue weighted by atomic mass is 16.7. The molecule has 0 spiro atoms. The number of phenolic OH excluding ortho intramolecular Hbond substituents is 1. The van der Waals surface area contributed by atoms with Gasteiger partial charge in [-0.15, -0.1) is 5.06 Å². The Labute approximate surface area is 113 Å². The van der Waals surface area contributed by atoms with Crippen LogP contribution in [0.4, 0.5) is 0 Å². The predicted molar refractivity (Wildman–Crippen MR) is 64.6 cm³/mol. The molecule has 0 atom stereocenters. The molecule has 7 heteroatoms. The van der Waals surface area contributed by atoms with E-state index in [-0.39, 0.29) is 29.8 Å². The molecule has 1 N–H and O–H groups in total. The molecule has 2 rings (SSSR count). The molecule has 1 heterocycles. The number of nitrogens with zero attached hydrogens (tertiary/aromatic N) is 1. The van der Waals surface area contributed by atoms with Gasteiger partial charge in [0, 0.05) is 18.4 Å². The summed E-state index contributed by atoms with van der Waals surface area (Å²) in [5.74, 6) is -2.99. The second kappa shape index (κ2) is 5.12. The summed E-state index contributed by atoms with van der Waals surface area (Å²) in [5.41, 5.74) is -0.00475. The standard InChI is InChI=1S/C13H11NO6/c1-7(15)8-2-3-9(10(16)6-8)13(19)20-14-11(17)4-5-12(14)18/h2-3,6,16H,4-5H2,1H3. The van der Waals surface area contributed by atoms with Crippen molar-refractivity contribution < 1.29 is 29.1 Å². The normalized spacial score (nSPS) is 14.6. The van der Waals surface area contributed by atoms with Gasteiger partial charge in [0.1, 0.15) is 11.3 Å². The van der Waals surface area contributed by atoms with Crippen molar-refractivity contribution in [2.45, 2.75) is 19.8 Å². The number of carbonyl (C=O) groups is 4. The van der Waals surface area contributed by atoms with Crippen molar-refractivity contribution in [1.82, 2.24) is 5.06 Å². The van der Waals surface area contributed by atoms with Gasteiger partial charge in [0.2, 0.25) is 0 Å². The van der Waals surface area contributed by atoms with Crippen molar-refractivity contribution in [1.29, 1.82) is 0 Å². The van der Waals surface area contributed by atoms with Gasteiger partial charge in [0.05, 0.1) is 0 Å². The van der Waals surface area contributed by atoms with Crippen LogP contribution in [0.25, 0.3) is 0 Å². The van der Waals surface area contributed by atoms with Crippen molar-refractivity contribution in [2.75, 3.05) is 0 Å². The van der Waals surface area contributed by atoms with E-state index in [1.807, 2.05) is 0 Å². The first-order valence-corrected chi connectivity index (χ1v) is 5.82. The number of ketones is 1. The van der Waals surface area contributed by atoms with Gasteiger partial charge in [-0.1, -0.05) is 6.07 Å². The van der Waals surface area contributed by atoms with Crippen molar-refractivity contribution in [2.24, 2.45) is 0 Å². The number of hydroxylamine groups is 2. The van der Waals surface area contributed by atoms with E-state index in [0.29, 0.717) is 5.06 Å². The molecule has 0 bridgehead atoms. The summed E-state index contributed by atoms with van der Waals surface area (Å²) >= 11 is 0. The molecule has 1 aliphatic rings. The Bertz CT molecular complexity index is 605. The van der Waals surface area contributed by atoms with Gasteiger partial charge >= 0.3 is 5.97 Å². The summed E-state index contributed by atoms with van der Waals surface area (Å²) < 4.78 is 0. The van der Waals surface area contributed by atoms with Crippen molar-refractivity contribution in [3.63, 3.8) is 0 Å². The lowest BCUT2D eigenvalue weighted by atomic mass is 10.1. The molecule has 0 unspecified atom stereocenters. The lowest BCUT2D eigenvalue weighted by molar-refractivity contribution is -0.172. The lowest BCUT2D eigenvalue weighted by Gasteiger charge is -2.13. The topological polar surface area (TPSA) is 101 Å². The zero-order valence-corrected chi connectivity index (χ0v) is 10.6. The Kier molecular flexibility index (Phi) is 3.51. The molecular weight excluding hydrogens is 266 g/mol. The quantitative estimate of drug-likeness (QED) is 0.648. The van der Waals surface area contributed by atoms with Gasteiger partial charge < -0.3 is 9.94 Å². The molecule has 0 aromatic heterocycles. The fourth-order valence-corrected chi connectivity index (χ4v) is 1.71. The van der Waals surface area contributed by atoms with Crippen LogP contribution >= 0.6 is 0 Å². The molecule has 7 nitrogen and oxygen atoms in total. The van der Waals surface area contributed by atoms with Crippen LogP contribution in [0.5, 0.6) is 5.75 Å². The Morgan fingerprint density at radius 1 is 1.20 bits per heavy atom. The largest absolute Gasteiger partial charge is 0.507 e. The number of amides is 2. The average Bonchev–Trinajstić information content (AvgIpc) is 2.70. The molecule has 1 fully saturated rings. The van der Waals surface area contributed by atoms with Gasteiger partial charge in [-0.05, 0) is 19.1 Å². The number of hydrogen-bond acceptors (Lipinski definition) is 6. The molecule has 0 radical (unpaired) electrons. The molecule has 0 saturated carbocycles. The number of carbonyl (C=O) groups excluding carboxylic acids is 4. The van der Waals surface area contributed by atoms with E-state index in [2.05, 4.69) is 4.84 Å². The maximum Gasteiger partial charge on any atom is 0.367 e. The summed E-state index contributed by atoms with van der Waals surface area (Å²) in [5, 5.41) is 10.1.